The number of aromatic nitrogens is 3. The smallest absolute Gasteiger partial charge is 0.191 e. The Kier molecular flexibility index (Phi) is 5.82. The molecule has 0 aliphatic rings. The van der Waals surface area contributed by atoms with Crippen LogP contribution in [0.5, 0.6) is 5.75 Å². The van der Waals surface area contributed by atoms with Gasteiger partial charge in [-0.3, -0.25) is 0 Å². The van der Waals surface area contributed by atoms with Gasteiger partial charge in [-0.1, -0.05) is 53.7 Å². The Labute approximate surface area is 161 Å². The van der Waals surface area contributed by atoms with Crippen molar-refractivity contribution in [2.75, 3.05) is 0 Å². The lowest BCUT2D eigenvalue weighted by Gasteiger charge is -2.15. The van der Waals surface area contributed by atoms with Crippen LogP contribution in [0.1, 0.15) is 30.0 Å². The predicted octanol–water partition coefficient (Wildman–Crippen LogP) is 4.77. The number of hydrogen-bond acceptors (Lipinski definition) is 5. The molecule has 0 saturated carbocycles. The maximum atomic E-state index is 9.19. The molecule has 0 spiro atoms. The van der Waals surface area contributed by atoms with Gasteiger partial charge in [0, 0.05) is 12.8 Å². The molecule has 1 atom stereocenters. The Morgan fingerprint density at radius 3 is 2.69 bits per heavy atom. The third kappa shape index (κ3) is 4.01. The predicted molar refractivity (Wildman–Crippen MR) is 102 cm³/mol. The van der Waals surface area contributed by atoms with Gasteiger partial charge in [-0.05, 0) is 30.7 Å². The molecule has 3 rings (SSSR count). The van der Waals surface area contributed by atoms with E-state index in [9.17, 15) is 5.26 Å². The molecule has 1 unspecified atom stereocenters. The molecule has 3 aromatic rings. The zero-order valence-electron chi connectivity index (χ0n) is 14.4. The van der Waals surface area contributed by atoms with Gasteiger partial charge >= 0.3 is 0 Å². The highest BCUT2D eigenvalue weighted by molar-refractivity contribution is 7.98. The van der Waals surface area contributed by atoms with Crippen molar-refractivity contribution in [1.82, 2.24) is 14.8 Å². The van der Waals surface area contributed by atoms with Crippen molar-refractivity contribution in [3.05, 3.63) is 70.5 Å². The lowest BCUT2D eigenvalue weighted by atomic mass is 10.1. The van der Waals surface area contributed by atoms with Gasteiger partial charge in [0.25, 0.3) is 0 Å². The lowest BCUT2D eigenvalue weighted by Crippen LogP contribution is -2.10. The fraction of sp³-hybridized carbons (Fsp3) is 0.211. The monoisotopic (exact) mass is 384 g/mol. The summed E-state index contributed by atoms with van der Waals surface area (Å²) in [7, 11) is 1.90. The third-order valence-corrected chi connectivity index (χ3v) is 5.25. The molecular formula is C19H17ClN4OS. The first-order valence-corrected chi connectivity index (χ1v) is 9.37. The molecule has 0 saturated heterocycles. The molecule has 1 heterocycles. The van der Waals surface area contributed by atoms with E-state index in [1.165, 1.54) is 11.8 Å². The molecule has 132 valence electrons. The van der Waals surface area contributed by atoms with Crippen LogP contribution in [0, 0.1) is 11.3 Å². The average Bonchev–Trinajstić information content (AvgIpc) is 3.02. The first-order chi connectivity index (χ1) is 12.6. The normalized spacial score (nSPS) is 11.8. The minimum absolute atomic E-state index is 0.298. The summed E-state index contributed by atoms with van der Waals surface area (Å²) in [6, 6.07) is 17.1. The molecule has 7 heteroatoms. The van der Waals surface area contributed by atoms with Gasteiger partial charge in [-0.2, -0.15) is 5.26 Å². The van der Waals surface area contributed by atoms with Crippen molar-refractivity contribution in [3.63, 3.8) is 0 Å². The van der Waals surface area contributed by atoms with Gasteiger partial charge < -0.3 is 9.30 Å². The fourth-order valence-corrected chi connectivity index (χ4v) is 3.59. The van der Waals surface area contributed by atoms with Crippen molar-refractivity contribution in [1.29, 1.82) is 5.26 Å². The van der Waals surface area contributed by atoms with Crippen molar-refractivity contribution >= 4 is 23.4 Å². The molecular weight excluding hydrogens is 368 g/mol. The number of thioether (sulfide) groups is 1. The maximum absolute atomic E-state index is 9.19. The molecule has 0 aliphatic heterocycles. The van der Waals surface area contributed by atoms with Crippen LogP contribution in [0.4, 0.5) is 0 Å². The highest BCUT2D eigenvalue weighted by Gasteiger charge is 2.18. The van der Waals surface area contributed by atoms with E-state index in [4.69, 9.17) is 16.3 Å². The topological polar surface area (TPSA) is 63.7 Å². The van der Waals surface area contributed by atoms with E-state index in [0.717, 1.165) is 10.7 Å². The number of ether oxygens (including phenoxy) is 1. The van der Waals surface area contributed by atoms with Crippen molar-refractivity contribution < 1.29 is 4.74 Å². The molecule has 26 heavy (non-hydrogen) atoms. The second kappa shape index (κ2) is 8.26. The molecule has 0 N–H and O–H groups in total. The van der Waals surface area contributed by atoms with Crippen LogP contribution in [0.2, 0.25) is 5.02 Å². The second-order valence-corrected chi connectivity index (χ2v) is 7.00. The van der Waals surface area contributed by atoms with Gasteiger partial charge in [-0.15, -0.1) is 10.2 Å². The Hall–Kier alpha value is -2.49. The molecule has 5 nitrogen and oxygen atoms in total. The molecule has 1 aromatic heterocycles. The number of benzene rings is 2. The standard InChI is InChI=1S/C19H17ClN4OS/c1-13(25-17-10-6-5-9-16(17)20)18-22-23-19(24(18)2)26-12-15-8-4-3-7-14(15)11-21/h3-10,13H,12H2,1-2H3. The molecule has 0 aliphatic carbocycles. The van der Waals surface area contributed by atoms with Crippen LogP contribution in [0.25, 0.3) is 0 Å². The lowest BCUT2D eigenvalue weighted by molar-refractivity contribution is 0.211. The number of para-hydroxylation sites is 1. The number of nitrogens with zero attached hydrogens (tertiary/aromatic N) is 4. The van der Waals surface area contributed by atoms with E-state index in [1.54, 1.807) is 6.07 Å². The van der Waals surface area contributed by atoms with Gasteiger partial charge in [0.2, 0.25) is 0 Å². The molecule has 0 radical (unpaired) electrons. The summed E-state index contributed by atoms with van der Waals surface area (Å²) in [6.45, 7) is 1.91. The SMILES string of the molecule is CC(Oc1ccccc1Cl)c1nnc(SCc2ccccc2C#N)n1C. The fourth-order valence-electron chi connectivity index (χ4n) is 2.49. The van der Waals surface area contributed by atoms with Crippen LogP contribution in [0.15, 0.2) is 53.7 Å². The van der Waals surface area contributed by atoms with Crippen molar-refractivity contribution in [2.24, 2.45) is 7.05 Å². The average molecular weight is 385 g/mol. The summed E-state index contributed by atoms with van der Waals surface area (Å²) >= 11 is 7.68. The molecule has 2 aromatic carbocycles. The quantitative estimate of drug-likeness (QED) is 0.572. The summed E-state index contributed by atoms with van der Waals surface area (Å²) in [5, 5.41) is 19.0. The number of halogens is 1. The molecule has 0 amide bonds. The Morgan fingerprint density at radius 2 is 1.92 bits per heavy atom. The molecule has 0 bridgehead atoms. The second-order valence-electron chi connectivity index (χ2n) is 5.65. The van der Waals surface area contributed by atoms with Crippen molar-refractivity contribution in [3.8, 4) is 11.8 Å². The van der Waals surface area contributed by atoms with E-state index in [2.05, 4.69) is 16.3 Å². The summed E-state index contributed by atoms with van der Waals surface area (Å²) in [5.74, 6) is 1.97. The van der Waals surface area contributed by atoms with E-state index in [1.807, 2.05) is 61.0 Å². The third-order valence-electron chi connectivity index (χ3n) is 3.87. The van der Waals surface area contributed by atoms with Crippen LogP contribution in [-0.4, -0.2) is 14.8 Å². The Morgan fingerprint density at radius 1 is 1.19 bits per heavy atom. The summed E-state index contributed by atoms with van der Waals surface area (Å²) in [4.78, 5) is 0. The first-order valence-electron chi connectivity index (χ1n) is 8.01. The van der Waals surface area contributed by atoms with Gasteiger partial charge in [-0.25, -0.2) is 0 Å². The van der Waals surface area contributed by atoms with Gasteiger partial charge in [0.15, 0.2) is 17.1 Å². The largest absolute Gasteiger partial charge is 0.481 e. The minimum atomic E-state index is -0.298. The highest BCUT2D eigenvalue weighted by atomic mass is 35.5. The van der Waals surface area contributed by atoms with Gasteiger partial charge in [0.1, 0.15) is 5.75 Å². The van der Waals surface area contributed by atoms with E-state index < -0.39 is 0 Å². The van der Waals surface area contributed by atoms with Crippen molar-refractivity contribution in [2.45, 2.75) is 23.9 Å². The van der Waals surface area contributed by atoms with Crippen LogP contribution >= 0.6 is 23.4 Å². The summed E-state index contributed by atoms with van der Waals surface area (Å²) in [6.07, 6.45) is -0.298. The number of nitriles is 1. The maximum Gasteiger partial charge on any atom is 0.191 e. The molecule has 0 fully saturated rings. The Balaban J connectivity index is 1.71. The zero-order chi connectivity index (χ0) is 18.5. The highest BCUT2D eigenvalue weighted by Crippen LogP contribution is 2.29. The first kappa shape index (κ1) is 18.3. The summed E-state index contributed by atoms with van der Waals surface area (Å²) < 4.78 is 7.82. The number of hydrogen-bond donors (Lipinski definition) is 0. The van der Waals surface area contributed by atoms with E-state index in [-0.39, 0.29) is 6.10 Å². The van der Waals surface area contributed by atoms with Crippen LogP contribution in [0.3, 0.4) is 0 Å². The summed E-state index contributed by atoms with van der Waals surface area (Å²) in [5.41, 5.74) is 1.66. The minimum Gasteiger partial charge on any atom is -0.481 e. The van der Waals surface area contributed by atoms with Crippen LogP contribution in [-0.2, 0) is 12.8 Å². The zero-order valence-corrected chi connectivity index (χ0v) is 16.0. The van der Waals surface area contributed by atoms with E-state index in [0.29, 0.717) is 27.9 Å². The number of rotatable bonds is 6. The Bertz CT molecular complexity index is 951. The van der Waals surface area contributed by atoms with E-state index >= 15 is 0 Å². The van der Waals surface area contributed by atoms with Crippen LogP contribution < -0.4 is 4.74 Å². The van der Waals surface area contributed by atoms with Gasteiger partial charge in [0.05, 0.1) is 16.7 Å².